The van der Waals surface area contributed by atoms with Crippen molar-refractivity contribution in [2.75, 3.05) is 36.8 Å². The molecule has 1 saturated heterocycles. The maximum absolute atomic E-state index is 14.2. The van der Waals surface area contributed by atoms with Crippen LogP contribution < -0.4 is 9.62 Å². The van der Waals surface area contributed by atoms with E-state index < -0.39 is 20.0 Å². The topological polar surface area (TPSA) is 105 Å². The van der Waals surface area contributed by atoms with Crippen LogP contribution in [0.3, 0.4) is 0 Å². The zero-order chi connectivity index (χ0) is 25.4. The lowest BCUT2D eigenvalue weighted by Crippen LogP contribution is -2.33. The van der Waals surface area contributed by atoms with Gasteiger partial charge in [0.1, 0.15) is 5.82 Å². The SMILES string of the molecule is CN(C)S(=O)(=O)c1ccc(S(=O)(=O)Nc2nn(C)cc2C2CCN(c3ccccc3F)CC2)cc1. The Hall–Kier alpha value is -2.96. The average molecular weight is 522 g/mol. The zero-order valence-electron chi connectivity index (χ0n) is 19.7. The molecular formula is C23H28FN5O4S2. The summed E-state index contributed by atoms with van der Waals surface area (Å²) < 4.78 is 70.0. The van der Waals surface area contributed by atoms with E-state index in [1.165, 1.54) is 44.4 Å². The van der Waals surface area contributed by atoms with Crippen LogP contribution in [0.2, 0.25) is 0 Å². The maximum atomic E-state index is 14.2. The van der Waals surface area contributed by atoms with Crippen LogP contribution in [-0.2, 0) is 27.1 Å². The number of nitrogens with zero attached hydrogens (tertiary/aromatic N) is 4. The van der Waals surface area contributed by atoms with Gasteiger partial charge in [-0.05, 0) is 55.2 Å². The lowest BCUT2D eigenvalue weighted by Gasteiger charge is -2.33. The Kier molecular flexibility index (Phi) is 6.89. The van der Waals surface area contributed by atoms with Crippen LogP contribution in [0.4, 0.5) is 15.9 Å². The number of hydrogen-bond donors (Lipinski definition) is 1. The summed E-state index contributed by atoms with van der Waals surface area (Å²) in [5.41, 5.74) is 1.34. The van der Waals surface area contributed by atoms with E-state index >= 15 is 0 Å². The van der Waals surface area contributed by atoms with Crippen molar-refractivity contribution in [1.29, 1.82) is 0 Å². The molecule has 188 valence electrons. The van der Waals surface area contributed by atoms with Crippen LogP contribution in [0.15, 0.2) is 64.5 Å². The van der Waals surface area contributed by atoms with Crippen molar-refractivity contribution in [3.8, 4) is 0 Å². The summed E-state index contributed by atoms with van der Waals surface area (Å²) in [6.45, 7) is 1.27. The molecule has 1 aliphatic heterocycles. The Bertz CT molecular complexity index is 1410. The molecule has 1 fully saturated rings. The number of aromatic nitrogens is 2. The first-order chi connectivity index (χ1) is 16.5. The van der Waals surface area contributed by atoms with E-state index in [-0.39, 0.29) is 27.3 Å². The van der Waals surface area contributed by atoms with Gasteiger partial charge in [0.15, 0.2) is 5.82 Å². The van der Waals surface area contributed by atoms with Gasteiger partial charge in [0.05, 0.1) is 15.5 Å². The summed E-state index contributed by atoms with van der Waals surface area (Å²) in [5.74, 6) is 0.0315. The zero-order valence-corrected chi connectivity index (χ0v) is 21.4. The predicted octanol–water partition coefficient (Wildman–Crippen LogP) is 2.99. The first-order valence-electron chi connectivity index (χ1n) is 11.1. The van der Waals surface area contributed by atoms with E-state index in [9.17, 15) is 21.2 Å². The van der Waals surface area contributed by atoms with E-state index in [1.807, 2.05) is 4.90 Å². The second-order valence-corrected chi connectivity index (χ2v) is 12.5. The largest absolute Gasteiger partial charge is 0.369 e. The highest BCUT2D eigenvalue weighted by molar-refractivity contribution is 7.92. The molecule has 35 heavy (non-hydrogen) atoms. The minimum absolute atomic E-state index is 0.00147. The molecule has 0 radical (unpaired) electrons. The average Bonchev–Trinajstić information content (AvgIpc) is 3.18. The number of benzene rings is 2. The van der Waals surface area contributed by atoms with Crippen molar-refractivity contribution in [2.24, 2.45) is 7.05 Å². The third-order valence-electron chi connectivity index (χ3n) is 6.13. The smallest absolute Gasteiger partial charge is 0.263 e. The van der Waals surface area contributed by atoms with Gasteiger partial charge >= 0.3 is 0 Å². The minimum Gasteiger partial charge on any atom is -0.369 e. The van der Waals surface area contributed by atoms with Crippen molar-refractivity contribution in [3.05, 3.63) is 66.1 Å². The van der Waals surface area contributed by atoms with E-state index in [4.69, 9.17) is 0 Å². The third-order valence-corrected chi connectivity index (χ3v) is 9.31. The van der Waals surface area contributed by atoms with Crippen LogP contribution in [0.5, 0.6) is 0 Å². The molecule has 1 N–H and O–H groups in total. The highest BCUT2D eigenvalue weighted by Crippen LogP contribution is 2.35. The second kappa shape index (κ2) is 9.59. The first-order valence-corrected chi connectivity index (χ1v) is 14.0. The maximum Gasteiger partial charge on any atom is 0.263 e. The van der Waals surface area contributed by atoms with E-state index in [2.05, 4.69) is 9.82 Å². The second-order valence-electron chi connectivity index (χ2n) is 8.68. The summed E-state index contributed by atoms with van der Waals surface area (Å²) in [6, 6.07) is 11.7. The van der Waals surface area contributed by atoms with Crippen molar-refractivity contribution < 1.29 is 21.2 Å². The lowest BCUT2D eigenvalue weighted by molar-refractivity contribution is 0.498. The molecule has 0 saturated carbocycles. The Morgan fingerprint density at radius 3 is 2.17 bits per heavy atom. The van der Waals surface area contributed by atoms with Gasteiger partial charge in [0.2, 0.25) is 10.0 Å². The Morgan fingerprint density at radius 1 is 0.971 bits per heavy atom. The molecule has 3 aromatic rings. The summed E-state index contributed by atoms with van der Waals surface area (Å²) in [4.78, 5) is 1.93. The summed E-state index contributed by atoms with van der Waals surface area (Å²) in [6.07, 6.45) is 3.23. The number of rotatable bonds is 7. The van der Waals surface area contributed by atoms with Gasteiger partial charge in [-0.1, -0.05) is 12.1 Å². The molecule has 2 heterocycles. The number of hydrogen-bond acceptors (Lipinski definition) is 6. The normalized spacial score (nSPS) is 15.5. The highest BCUT2D eigenvalue weighted by Gasteiger charge is 2.28. The van der Waals surface area contributed by atoms with Gasteiger partial charge in [0.25, 0.3) is 10.0 Å². The quantitative estimate of drug-likeness (QED) is 0.513. The van der Waals surface area contributed by atoms with E-state index in [1.54, 1.807) is 36.1 Å². The van der Waals surface area contributed by atoms with Crippen LogP contribution >= 0.6 is 0 Å². The number of piperidine rings is 1. The molecular weight excluding hydrogens is 493 g/mol. The van der Waals surface area contributed by atoms with Crippen molar-refractivity contribution in [2.45, 2.75) is 28.6 Å². The van der Waals surface area contributed by atoms with Crippen molar-refractivity contribution in [1.82, 2.24) is 14.1 Å². The summed E-state index contributed by atoms with van der Waals surface area (Å²) in [7, 11) is -3.13. The predicted molar refractivity (Wildman–Crippen MR) is 132 cm³/mol. The van der Waals surface area contributed by atoms with Gasteiger partial charge in [-0.2, -0.15) is 5.10 Å². The number of aryl methyl sites for hydroxylation is 1. The molecule has 0 atom stereocenters. The Labute approximate surface area is 205 Å². The Morgan fingerprint density at radius 2 is 1.57 bits per heavy atom. The van der Waals surface area contributed by atoms with E-state index in [0.717, 1.165) is 9.87 Å². The van der Waals surface area contributed by atoms with Crippen LogP contribution in [0.25, 0.3) is 0 Å². The highest BCUT2D eigenvalue weighted by atomic mass is 32.2. The molecule has 0 unspecified atom stereocenters. The number of anilines is 2. The molecule has 1 aliphatic rings. The minimum atomic E-state index is -4.00. The van der Waals surface area contributed by atoms with Crippen LogP contribution in [-0.4, -0.2) is 58.1 Å². The third kappa shape index (κ3) is 5.19. The number of sulfonamides is 2. The Balaban J connectivity index is 1.51. The molecule has 0 amide bonds. The molecule has 0 aliphatic carbocycles. The fourth-order valence-electron chi connectivity index (χ4n) is 4.21. The fourth-order valence-corrected chi connectivity index (χ4v) is 6.14. The fraction of sp³-hybridized carbons (Fsp3) is 0.348. The van der Waals surface area contributed by atoms with Crippen LogP contribution in [0, 0.1) is 5.82 Å². The first kappa shape index (κ1) is 25.1. The van der Waals surface area contributed by atoms with Crippen molar-refractivity contribution >= 4 is 31.6 Å². The molecule has 0 bridgehead atoms. The molecule has 0 spiro atoms. The van der Waals surface area contributed by atoms with E-state index in [0.29, 0.717) is 31.6 Å². The molecule has 1 aromatic heterocycles. The van der Waals surface area contributed by atoms with Gasteiger partial charge in [0, 0.05) is 46.0 Å². The molecule has 12 heteroatoms. The van der Waals surface area contributed by atoms with Gasteiger partial charge in [-0.15, -0.1) is 0 Å². The number of para-hydroxylation sites is 1. The lowest BCUT2D eigenvalue weighted by atomic mass is 9.90. The molecule has 9 nitrogen and oxygen atoms in total. The standard InChI is InChI=1S/C23H28FN5O4S2/c1-27(2)35(32,33)19-10-8-18(9-11-19)34(30,31)26-23-20(16-28(3)25-23)17-12-14-29(15-13-17)22-7-5-4-6-21(22)24/h4-11,16-17H,12-15H2,1-3H3,(H,25,26). The molecule has 4 rings (SSSR count). The van der Waals surface area contributed by atoms with Crippen LogP contribution in [0.1, 0.15) is 24.3 Å². The van der Waals surface area contributed by atoms with Gasteiger partial charge < -0.3 is 4.90 Å². The monoisotopic (exact) mass is 521 g/mol. The number of nitrogens with one attached hydrogen (secondary N) is 1. The van der Waals surface area contributed by atoms with Gasteiger partial charge in [-0.25, -0.2) is 25.5 Å². The number of halogens is 1. The van der Waals surface area contributed by atoms with Crippen molar-refractivity contribution in [3.63, 3.8) is 0 Å². The summed E-state index contributed by atoms with van der Waals surface area (Å²) in [5, 5.41) is 4.32. The van der Waals surface area contributed by atoms with Gasteiger partial charge in [-0.3, -0.25) is 9.40 Å². The summed E-state index contributed by atoms with van der Waals surface area (Å²) >= 11 is 0. The molecule has 2 aromatic carbocycles.